The highest BCUT2D eigenvalue weighted by atomic mass is 16.2. The van der Waals surface area contributed by atoms with Gasteiger partial charge in [0.2, 0.25) is 5.91 Å². The maximum atomic E-state index is 12.3. The van der Waals surface area contributed by atoms with Crippen molar-refractivity contribution in [1.82, 2.24) is 10.6 Å². The van der Waals surface area contributed by atoms with Crippen molar-refractivity contribution < 1.29 is 14.4 Å². The predicted octanol–water partition coefficient (Wildman–Crippen LogP) is 4.71. The fourth-order valence-electron chi connectivity index (χ4n) is 3.20. The molecule has 1 unspecified atom stereocenters. The van der Waals surface area contributed by atoms with Crippen LogP contribution in [0.4, 0.5) is 0 Å². The molecule has 0 spiro atoms. The fraction of sp³-hybridized carbons (Fsp3) is 0.778. The highest BCUT2D eigenvalue weighted by Crippen LogP contribution is 2.23. The Hall–Kier alpha value is -1.75. The van der Waals surface area contributed by atoms with Gasteiger partial charge < -0.3 is 21.2 Å². The molecular weight excluding hydrogens is 414 g/mol. The van der Waals surface area contributed by atoms with Crippen molar-refractivity contribution >= 4 is 18.5 Å². The van der Waals surface area contributed by atoms with Gasteiger partial charge in [-0.3, -0.25) is 9.59 Å². The lowest BCUT2D eigenvalue weighted by Gasteiger charge is -2.27. The molecular formula is C27H51N3O3. The van der Waals surface area contributed by atoms with Crippen LogP contribution in [-0.2, 0) is 14.4 Å². The van der Waals surface area contributed by atoms with E-state index in [2.05, 4.69) is 36.8 Å². The summed E-state index contributed by atoms with van der Waals surface area (Å²) in [4.78, 5) is 31.1. The lowest BCUT2D eigenvalue weighted by Crippen LogP contribution is -2.42. The normalized spacial score (nSPS) is 15.4. The summed E-state index contributed by atoms with van der Waals surface area (Å²) in [6.45, 7) is 20.5. The van der Waals surface area contributed by atoms with Crippen LogP contribution in [0.1, 0.15) is 99.8 Å². The summed E-state index contributed by atoms with van der Waals surface area (Å²) in [7, 11) is 0. The molecule has 0 bridgehead atoms. The van der Waals surface area contributed by atoms with E-state index in [4.69, 9.17) is 10.5 Å². The second kappa shape index (κ2) is 18.7. The average Bonchev–Trinajstić information content (AvgIpc) is 3.63. The van der Waals surface area contributed by atoms with Gasteiger partial charge in [-0.25, -0.2) is 0 Å². The number of unbranched alkanes of at least 4 members (excludes halogenated alkanes) is 1. The molecule has 0 heterocycles. The zero-order chi connectivity index (χ0) is 26.0. The smallest absolute Gasteiger partial charge is 0.223 e. The molecule has 1 saturated carbocycles. The summed E-state index contributed by atoms with van der Waals surface area (Å²) >= 11 is 0. The van der Waals surface area contributed by atoms with E-state index in [9.17, 15) is 9.59 Å². The standard InChI is InChI=1S/C18H32N2O.C8H17NO.CH2O/c1-5-8-10-14(4)18(21)20-17(9-6-2)15(7-3)13-19-16-11-12-16;1-5-8(3,4)7(9)6(2)10;1-2/h14,16-17,19H,3,5-6,8-13H2,1-2,4H3,(H,20,21);7H,5,9H2,1-4H3;1H2/t14-,17?;7-;/m01./s1. The number of rotatable bonds is 14. The van der Waals surface area contributed by atoms with E-state index in [0.717, 1.165) is 50.6 Å². The number of ketones is 1. The van der Waals surface area contributed by atoms with Crippen LogP contribution in [0.2, 0.25) is 0 Å². The third-order valence-electron chi connectivity index (χ3n) is 6.33. The number of carbonyl (C=O) groups is 3. The van der Waals surface area contributed by atoms with E-state index < -0.39 is 0 Å². The van der Waals surface area contributed by atoms with Crippen LogP contribution in [0, 0.1) is 11.3 Å². The van der Waals surface area contributed by atoms with Crippen LogP contribution in [0.5, 0.6) is 0 Å². The number of carbonyl (C=O) groups excluding carboxylic acids is 3. The van der Waals surface area contributed by atoms with E-state index in [1.807, 2.05) is 34.5 Å². The monoisotopic (exact) mass is 465 g/mol. The van der Waals surface area contributed by atoms with E-state index in [1.165, 1.54) is 12.8 Å². The third-order valence-corrected chi connectivity index (χ3v) is 6.33. The van der Waals surface area contributed by atoms with Crippen molar-refractivity contribution in [2.24, 2.45) is 17.1 Å². The average molecular weight is 466 g/mol. The van der Waals surface area contributed by atoms with Crippen molar-refractivity contribution in [1.29, 1.82) is 0 Å². The van der Waals surface area contributed by atoms with Crippen molar-refractivity contribution in [2.75, 3.05) is 6.54 Å². The van der Waals surface area contributed by atoms with Gasteiger partial charge in [0, 0.05) is 24.1 Å². The van der Waals surface area contributed by atoms with Gasteiger partial charge in [0.05, 0.1) is 12.1 Å². The minimum atomic E-state index is -0.308. The summed E-state index contributed by atoms with van der Waals surface area (Å²) in [6, 6.07) is 0.433. The Labute approximate surface area is 203 Å². The molecule has 0 aromatic rings. The maximum absolute atomic E-state index is 12.3. The Morgan fingerprint density at radius 3 is 2.06 bits per heavy atom. The highest BCUT2D eigenvalue weighted by molar-refractivity contribution is 5.82. The van der Waals surface area contributed by atoms with E-state index in [-0.39, 0.29) is 35.1 Å². The molecule has 6 nitrogen and oxygen atoms in total. The minimum absolute atomic E-state index is 0.0498. The van der Waals surface area contributed by atoms with Crippen LogP contribution in [0.25, 0.3) is 0 Å². The van der Waals surface area contributed by atoms with Crippen LogP contribution in [0.15, 0.2) is 17.9 Å². The van der Waals surface area contributed by atoms with E-state index >= 15 is 0 Å². The molecule has 0 aromatic heterocycles. The third kappa shape index (κ3) is 14.9. The number of hydrogen-bond acceptors (Lipinski definition) is 5. The molecule has 0 radical (unpaired) electrons. The number of nitrogens with one attached hydrogen (secondary N) is 2. The molecule has 3 atom stereocenters. The summed E-state index contributed by atoms with van der Waals surface area (Å²) in [5.74, 6) is 0.333. The van der Waals surface area contributed by atoms with Gasteiger partial charge in [-0.05, 0) is 44.4 Å². The zero-order valence-electron chi connectivity index (χ0n) is 22.4. The molecule has 0 aromatic carbocycles. The van der Waals surface area contributed by atoms with Crippen molar-refractivity contribution in [3.05, 3.63) is 17.9 Å². The first-order chi connectivity index (χ1) is 15.5. The molecule has 33 heavy (non-hydrogen) atoms. The van der Waals surface area contributed by atoms with Gasteiger partial charge in [-0.2, -0.15) is 0 Å². The maximum Gasteiger partial charge on any atom is 0.223 e. The molecule has 1 amide bonds. The SMILES string of the molecule is C=C=C(CNC1CC1)C(CCC)NC(=O)[C@@H](C)CCCC.C=O.CCC(C)(C)[C@H](N)C(C)=O. The van der Waals surface area contributed by atoms with Crippen molar-refractivity contribution in [3.8, 4) is 0 Å². The number of Topliss-reactive ketones (excluding diaryl/α,β-unsaturated/α-hetero) is 1. The van der Waals surface area contributed by atoms with Gasteiger partial charge in [-0.1, -0.05) is 67.4 Å². The molecule has 1 fully saturated rings. The molecule has 0 saturated heterocycles. The Bertz CT molecular complexity index is 608. The first kappa shape index (κ1) is 33.4. The molecule has 0 aliphatic heterocycles. The molecule has 1 rings (SSSR count). The van der Waals surface area contributed by atoms with Crippen molar-refractivity contribution in [3.63, 3.8) is 0 Å². The molecule has 6 heteroatoms. The second-order valence-electron chi connectivity index (χ2n) is 9.68. The summed E-state index contributed by atoms with van der Waals surface area (Å²) < 4.78 is 0. The first-order valence-corrected chi connectivity index (χ1v) is 12.5. The van der Waals surface area contributed by atoms with Crippen LogP contribution in [0.3, 0.4) is 0 Å². The Balaban J connectivity index is 0. The van der Waals surface area contributed by atoms with Crippen molar-refractivity contribution in [2.45, 2.75) is 118 Å². The van der Waals surface area contributed by atoms with Crippen LogP contribution >= 0.6 is 0 Å². The van der Waals surface area contributed by atoms with E-state index in [1.54, 1.807) is 6.92 Å². The van der Waals surface area contributed by atoms with Gasteiger partial charge in [0.15, 0.2) is 0 Å². The number of hydrogen-bond donors (Lipinski definition) is 3. The number of nitrogens with two attached hydrogens (primary N) is 1. The molecule has 192 valence electrons. The largest absolute Gasteiger partial charge is 0.349 e. The van der Waals surface area contributed by atoms with Gasteiger partial charge in [0.1, 0.15) is 12.6 Å². The first-order valence-electron chi connectivity index (χ1n) is 12.5. The molecule has 4 N–H and O–H groups in total. The van der Waals surface area contributed by atoms with Gasteiger partial charge in [0.25, 0.3) is 0 Å². The summed E-state index contributed by atoms with van der Waals surface area (Å²) in [6.07, 6.45) is 8.69. The summed E-state index contributed by atoms with van der Waals surface area (Å²) in [5.41, 5.74) is 9.75. The predicted molar refractivity (Wildman–Crippen MR) is 139 cm³/mol. The molecule has 1 aliphatic carbocycles. The highest BCUT2D eigenvalue weighted by Gasteiger charge is 2.27. The second-order valence-corrected chi connectivity index (χ2v) is 9.68. The molecule has 1 aliphatic rings. The van der Waals surface area contributed by atoms with Crippen LogP contribution < -0.4 is 16.4 Å². The minimum Gasteiger partial charge on any atom is -0.349 e. The quantitative estimate of drug-likeness (QED) is 0.322. The fourth-order valence-corrected chi connectivity index (χ4v) is 3.20. The van der Waals surface area contributed by atoms with E-state index in [0.29, 0.717) is 6.04 Å². The Morgan fingerprint density at radius 1 is 1.12 bits per heavy atom. The lowest BCUT2D eigenvalue weighted by atomic mass is 9.81. The summed E-state index contributed by atoms with van der Waals surface area (Å²) in [5, 5.41) is 6.70. The zero-order valence-corrected chi connectivity index (χ0v) is 22.4. The van der Waals surface area contributed by atoms with Gasteiger partial charge >= 0.3 is 0 Å². The Kier molecular flexibility index (Phi) is 18.9. The Morgan fingerprint density at radius 2 is 1.70 bits per heavy atom. The van der Waals surface area contributed by atoms with Gasteiger partial charge in [-0.15, -0.1) is 5.73 Å². The topological polar surface area (TPSA) is 101 Å². The lowest BCUT2D eigenvalue weighted by molar-refractivity contribution is -0.125. The van der Waals surface area contributed by atoms with Crippen LogP contribution in [-0.4, -0.2) is 43.1 Å². The number of amides is 1.